The zero-order valence-electron chi connectivity index (χ0n) is 12.3. The number of aromatic nitrogens is 3. The Labute approximate surface area is 119 Å². The van der Waals surface area contributed by atoms with Crippen molar-refractivity contribution in [2.45, 2.75) is 20.8 Å². The average molecular weight is 275 g/mol. The van der Waals surface area contributed by atoms with Crippen LogP contribution < -0.4 is 5.32 Å². The van der Waals surface area contributed by atoms with Crippen LogP contribution in [0.4, 0.5) is 5.82 Å². The quantitative estimate of drug-likeness (QED) is 0.835. The summed E-state index contributed by atoms with van der Waals surface area (Å²) in [4.78, 5) is 11.0. The first-order valence-corrected chi connectivity index (χ1v) is 6.96. The monoisotopic (exact) mass is 275 g/mol. The van der Waals surface area contributed by atoms with Crippen molar-refractivity contribution in [3.63, 3.8) is 0 Å². The molecule has 2 aromatic rings. The van der Waals surface area contributed by atoms with Crippen LogP contribution in [-0.2, 0) is 0 Å². The van der Waals surface area contributed by atoms with E-state index in [2.05, 4.69) is 39.2 Å². The third-order valence-electron chi connectivity index (χ3n) is 3.18. The molecule has 0 amide bonds. The summed E-state index contributed by atoms with van der Waals surface area (Å²) in [6.45, 7) is 10.0. The molecule has 2 heterocycles. The summed E-state index contributed by atoms with van der Waals surface area (Å²) < 4.78 is 5.21. The fraction of sp³-hybridized carbons (Fsp3) is 0.500. The molecule has 0 radical (unpaired) electrons. The van der Waals surface area contributed by atoms with E-state index in [1.807, 2.05) is 12.1 Å². The van der Waals surface area contributed by atoms with Gasteiger partial charge in [0.15, 0.2) is 5.82 Å². The highest BCUT2D eigenvalue weighted by molar-refractivity contribution is 5.68. The lowest BCUT2D eigenvalue weighted by molar-refractivity contribution is 0.316. The Hall–Kier alpha value is -1.95. The van der Waals surface area contributed by atoms with E-state index in [9.17, 15) is 0 Å². The van der Waals surface area contributed by atoms with Gasteiger partial charge in [-0.3, -0.25) is 0 Å². The standard InChI is InChI=1S/C14H21N5O/c1-4-19(5-2)10-9-16-13-12(7-6-8-15-13)14-17-11(3)18-20-14/h6-8H,4-5,9-10H2,1-3H3,(H,15,16). The lowest BCUT2D eigenvalue weighted by atomic mass is 10.2. The highest BCUT2D eigenvalue weighted by Crippen LogP contribution is 2.23. The van der Waals surface area contributed by atoms with Crippen LogP contribution in [0.1, 0.15) is 19.7 Å². The van der Waals surface area contributed by atoms with Gasteiger partial charge in [0.25, 0.3) is 5.89 Å². The molecule has 0 aromatic carbocycles. The van der Waals surface area contributed by atoms with Gasteiger partial charge in [-0.25, -0.2) is 4.98 Å². The molecule has 0 atom stereocenters. The van der Waals surface area contributed by atoms with Gasteiger partial charge in [-0.1, -0.05) is 19.0 Å². The van der Waals surface area contributed by atoms with E-state index in [0.29, 0.717) is 11.7 Å². The van der Waals surface area contributed by atoms with E-state index in [0.717, 1.165) is 37.6 Å². The Morgan fingerprint density at radius 2 is 2.10 bits per heavy atom. The van der Waals surface area contributed by atoms with Crippen molar-refractivity contribution in [2.24, 2.45) is 0 Å². The molecule has 6 heteroatoms. The number of pyridine rings is 1. The van der Waals surface area contributed by atoms with Gasteiger partial charge in [0.1, 0.15) is 5.82 Å². The predicted octanol–water partition coefficient (Wildman–Crippen LogP) is 2.19. The van der Waals surface area contributed by atoms with E-state index in [-0.39, 0.29) is 0 Å². The maximum atomic E-state index is 5.21. The normalized spacial score (nSPS) is 11.0. The number of nitrogens with zero attached hydrogens (tertiary/aromatic N) is 4. The van der Waals surface area contributed by atoms with Gasteiger partial charge in [-0.15, -0.1) is 0 Å². The third kappa shape index (κ3) is 3.54. The molecule has 6 nitrogen and oxygen atoms in total. The topological polar surface area (TPSA) is 67.1 Å². The van der Waals surface area contributed by atoms with Crippen molar-refractivity contribution in [2.75, 3.05) is 31.5 Å². The van der Waals surface area contributed by atoms with Gasteiger partial charge < -0.3 is 14.7 Å². The number of aryl methyl sites for hydroxylation is 1. The summed E-state index contributed by atoms with van der Waals surface area (Å²) in [7, 11) is 0. The van der Waals surface area contributed by atoms with Crippen LogP contribution in [0, 0.1) is 6.92 Å². The number of likely N-dealkylation sites (N-methyl/N-ethyl adjacent to an activating group) is 1. The summed E-state index contributed by atoms with van der Waals surface area (Å²) in [6.07, 6.45) is 1.76. The second-order valence-corrected chi connectivity index (χ2v) is 4.50. The maximum Gasteiger partial charge on any atom is 0.261 e. The molecule has 1 N–H and O–H groups in total. The lowest BCUT2D eigenvalue weighted by Gasteiger charge is -2.18. The largest absolute Gasteiger partial charge is 0.368 e. The van der Waals surface area contributed by atoms with E-state index in [4.69, 9.17) is 4.52 Å². The summed E-state index contributed by atoms with van der Waals surface area (Å²) in [6, 6.07) is 3.80. The zero-order valence-corrected chi connectivity index (χ0v) is 12.3. The van der Waals surface area contributed by atoms with Crippen LogP contribution >= 0.6 is 0 Å². The van der Waals surface area contributed by atoms with E-state index in [1.165, 1.54) is 0 Å². The van der Waals surface area contributed by atoms with E-state index >= 15 is 0 Å². The number of anilines is 1. The van der Waals surface area contributed by atoms with E-state index < -0.39 is 0 Å². The summed E-state index contributed by atoms with van der Waals surface area (Å²) in [5, 5.41) is 7.16. The van der Waals surface area contributed by atoms with Crippen LogP contribution in [0.5, 0.6) is 0 Å². The number of nitrogens with one attached hydrogen (secondary N) is 1. The second-order valence-electron chi connectivity index (χ2n) is 4.50. The molecule has 0 saturated heterocycles. The Morgan fingerprint density at radius 1 is 1.30 bits per heavy atom. The van der Waals surface area contributed by atoms with Crippen LogP contribution in [0.2, 0.25) is 0 Å². The molecule has 0 saturated carbocycles. The van der Waals surface area contributed by atoms with Crippen molar-refractivity contribution in [1.29, 1.82) is 0 Å². The minimum Gasteiger partial charge on any atom is -0.368 e. The Bertz CT molecular complexity index is 536. The molecule has 2 aromatic heterocycles. The summed E-state index contributed by atoms with van der Waals surface area (Å²) >= 11 is 0. The molecule has 0 fully saturated rings. The molecule has 0 aliphatic carbocycles. The highest BCUT2D eigenvalue weighted by atomic mass is 16.5. The minimum atomic E-state index is 0.501. The molecule has 108 valence electrons. The van der Waals surface area contributed by atoms with Crippen molar-refractivity contribution in [3.8, 4) is 11.5 Å². The molecule has 0 spiro atoms. The van der Waals surface area contributed by atoms with Crippen molar-refractivity contribution < 1.29 is 4.52 Å². The highest BCUT2D eigenvalue weighted by Gasteiger charge is 2.12. The smallest absolute Gasteiger partial charge is 0.261 e. The van der Waals surface area contributed by atoms with Crippen molar-refractivity contribution in [3.05, 3.63) is 24.2 Å². The lowest BCUT2D eigenvalue weighted by Crippen LogP contribution is -2.28. The fourth-order valence-corrected chi connectivity index (χ4v) is 2.00. The number of rotatable bonds is 7. The van der Waals surface area contributed by atoms with Gasteiger partial charge in [0, 0.05) is 19.3 Å². The van der Waals surface area contributed by atoms with Crippen LogP contribution in [0.3, 0.4) is 0 Å². The maximum absolute atomic E-state index is 5.21. The van der Waals surface area contributed by atoms with Crippen molar-refractivity contribution in [1.82, 2.24) is 20.0 Å². The first-order valence-electron chi connectivity index (χ1n) is 6.96. The Balaban J connectivity index is 2.05. The van der Waals surface area contributed by atoms with Crippen LogP contribution in [-0.4, -0.2) is 46.2 Å². The van der Waals surface area contributed by atoms with Gasteiger partial charge in [0.2, 0.25) is 0 Å². The molecular weight excluding hydrogens is 254 g/mol. The summed E-state index contributed by atoms with van der Waals surface area (Å²) in [5.74, 6) is 1.90. The molecule has 2 rings (SSSR count). The number of hydrogen-bond donors (Lipinski definition) is 1. The van der Waals surface area contributed by atoms with Gasteiger partial charge in [-0.05, 0) is 32.1 Å². The van der Waals surface area contributed by atoms with Crippen molar-refractivity contribution >= 4 is 5.82 Å². The minimum absolute atomic E-state index is 0.501. The van der Waals surface area contributed by atoms with Gasteiger partial charge in [-0.2, -0.15) is 4.98 Å². The molecule has 0 bridgehead atoms. The zero-order chi connectivity index (χ0) is 14.4. The Kier molecular flexibility index (Phi) is 5.06. The second kappa shape index (κ2) is 7.00. The fourth-order valence-electron chi connectivity index (χ4n) is 2.00. The van der Waals surface area contributed by atoms with Gasteiger partial charge >= 0.3 is 0 Å². The predicted molar refractivity (Wildman–Crippen MR) is 78.5 cm³/mol. The first-order chi connectivity index (χ1) is 9.74. The third-order valence-corrected chi connectivity index (χ3v) is 3.18. The van der Waals surface area contributed by atoms with E-state index in [1.54, 1.807) is 13.1 Å². The van der Waals surface area contributed by atoms with Crippen LogP contribution in [0.25, 0.3) is 11.5 Å². The number of hydrogen-bond acceptors (Lipinski definition) is 6. The Morgan fingerprint density at radius 3 is 2.75 bits per heavy atom. The molecule has 0 aliphatic heterocycles. The molecule has 0 unspecified atom stereocenters. The molecule has 0 aliphatic rings. The molecule has 20 heavy (non-hydrogen) atoms. The van der Waals surface area contributed by atoms with Gasteiger partial charge in [0.05, 0.1) is 5.56 Å². The first kappa shape index (κ1) is 14.5. The molecular formula is C14H21N5O. The average Bonchev–Trinajstić information content (AvgIpc) is 2.90. The summed E-state index contributed by atoms with van der Waals surface area (Å²) in [5.41, 5.74) is 0.840. The van der Waals surface area contributed by atoms with Crippen LogP contribution in [0.15, 0.2) is 22.9 Å². The SMILES string of the molecule is CCN(CC)CCNc1ncccc1-c1nc(C)no1.